The number of aliphatic hydroxyl groups excluding tert-OH is 3. The molecule has 0 saturated carbocycles. The predicted molar refractivity (Wildman–Crippen MR) is 108 cm³/mol. The average molecular weight is 505 g/mol. The largest absolute Gasteiger partial charge is 0.609 e. The summed E-state index contributed by atoms with van der Waals surface area (Å²) >= 11 is 3.86. The Hall–Kier alpha value is -2.26. The Kier molecular flexibility index (Phi) is 6.91. The Bertz CT molecular complexity index is 1140. The van der Waals surface area contributed by atoms with Crippen LogP contribution < -0.4 is 0 Å². The molecule has 0 radical (unpaired) electrons. The second kappa shape index (κ2) is 9.54. The number of ether oxygens (including phenoxy) is 1. The highest BCUT2D eigenvalue weighted by Gasteiger charge is 2.51. The SMILES string of the molecule is [O-][S+](c1cncc(Cl)c1)C1OC(CO)C(O)C(n2cc(-c3cc(F)c(F)c(F)c3)nn2)C1O. The topological polar surface area (TPSA) is 137 Å². The highest BCUT2D eigenvalue weighted by atomic mass is 35.5. The summed E-state index contributed by atoms with van der Waals surface area (Å²) in [6, 6.07) is 1.47. The molecule has 4 rings (SSSR count). The Morgan fingerprint density at radius 1 is 1.12 bits per heavy atom. The summed E-state index contributed by atoms with van der Waals surface area (Å²) in [5, 5.41) is 38.9. The summed E-state index contributed by atoms with van der Waals surface area (Å²) < 4.78 is 60.0. The zero-order valence-corrected chi connectivity index (χ0v) is 18.0. The van der Waals surface area contributed by atoms with Crippen molar-refractivity contribution in [3.8, 4) is 11.3 Å². The Morgan fingerprint density at radius 3 is 2.45 bits per heavy atom. The molecule has 1 aliphatic rings. The van der Waals surface area contributed by atoms with Crippen molar-refractivity contribution in [2.45, 2.75) is 34.7 Å². The van der Waals surface area contributed by atoms with Crippen LogP contribution >= 0.6 is 11.6 Å². The maximum atomic E-state index is 13.6. The minimum absolute atomic E-state index is 0.0871. The normalized spacial score (nSPS) is 26.4. The second-order valence-electron chi connectivity index (χ2n) is 7.17. The van der Waals surface area contributed by atoms with Crippen LogP contribution in [0.15, 0.2) is 41.7 Å². The van der Waals surface area contributed by atoms with Crippen LogP contribution in [0.25, 0.3) is 11.3 Å². The lowest BCUT2D eigenvalue weighted by molar-refractivity contribution is -0.180. The van der Waals surface area contributed by atoms with Crippen LogP contribution in [0.3, 0.4) is 0 Å². The Balaban J connectivity index is 1.67. The lowest BCUT2D eigenvalue weighted by atomic mass is 9.97. The van der Waals surface area contributed by atoms with Crippen molar-refractivity contribution < 1.29 is 37.8 Å². The summed E-state index contributed by atoms with van der Waals surface area (Å²) in [6.45, 7) is -0.679. The zero-order chi connectivity index (χ0) is 23.9. The number of aliphatic hydroxyl groups is 3. The first-order valence-electron chi connectivity index (χ1n) is 9.41. The van der Waals surface area contributed by atoms with Crippen molar-refractivity contribution in [2.24, 2.45) is 0 Å². The third-order valence-electron chi connectivity index (χ3n) is 5.07. The highest BCUT2D eigenvalue weighted by molar-refractivity contribution is 7.92. The quantitative estimate of drug-likeness (QED) is 0.348. The molecule has 0 amide bonds. The number of halogens is 4. The number of aromatic nitrogens is 4. The van der Waals surface area contributed by atoms with E-state index in [9.17, 15) is 33.0 Å². The van der Waals surface area contributed by atoms with Crippen LogP contribution in [0.1, 0.15) is 6.04 Å². The number of hydrogen-bond donors (Lipinski definition) is 3. The smallest absolute Gasteiger partial charge is 0.250 e. The molecule has 3 heterocycles. The molecule has 176 valence electrons. The Labute approximate surface area is 192 Å². The number of pyridine rings is 1. The van der Waals surface area contributed by atoms with Gasteiger partial charge in [-0.1, -0.05) is 16.8 Å². The van der Waals surface area contributed by atoms with Gasteiger partial charge in [0.05, 0.1) is 24.0 Å². The number of benzene rings is 1. The van der Waals surface area contributed by atoms with E-state index >= 15 is 0 Å². The summed E-state index contributed by atoms with van der Waals surface area (Å²) in [6.07, 6.45) is -0.665. The van der Waals surface area contributed by atoms with Crippen molar-refractivity contribution in [3.05, 3.63) is 59.3 Å². The molecule has 14 heteroatoms. The van der Waals surface area contributed by atoms with E-state index in [0.717, 1.165) is 10.9 Å². The van der Waals surface area contributed by atoms with Crippen LogP contribution in [-0.4, -0.2) is 70.2 Å². The number of rotatable bonds is 5. The molecule has 0 spiro atoms. The molecular weight excluding hydrogens is 489 g/mol. The first kappa shape index (κ1) is 23.9. The summed E-state index contributed by atoms with van der Waals surface area (Å²) in [4.78, 5) is 3.97. The van der Waals surface area contributed by atoms with Crippen molar-refractivity contribution in [1.29, 1.82) is 0 Å². The lowest BCUT2D eigenvalue weighted by Crippen LogP contribution is -2.58. The molecule has 1 saturated heterocycles. The van der Waals surface area contributed by atoms with E-state index in [1.807, 2.05) is 0 Å². The van der Waals surface area contributed by atoms with Crippen LogP contribution in [0.4, 0.5) is 13.2 Å². The van der Waals surface area contributed by atoms with E-state index in [1.165, 1.54) is 18.5 Å². The molecule has 2 aromatic heterocycles. The molecule has 1 aliphatic heterocycles. The highest BCUT2D eigenvalue weighted by Crippen LogP contribution is 2.35. The second-order valence-corrected chi connectivity index (χ2v) is 9.14. The van der Waals surface area contributed by atoms with Gasteiger partial charge in [-0.3, -0.25) is 4.98 Å². The van der Waals surface area contributed by atoms with Crippen LogP contribution in [0.5, 0.6) is 0 Å². The van der Waals surface area contributed by atoms with Gasteiger partial charge in [-0.2, -0.15) is 0 Å². The molecule has 9 nitrogen and oxygen atoms in total. The van der Waals surface area contributed by atoms with Crippen LogP contribution in [-0.2, 0) is 15.9 Å². The van der Waals surface area contributed by atoms with Gasteiger partial charge in [0.15, 0.2) is 28.5 Å². The maximum absolute atomic E-state index is 13.6. The van der Waals surface area contributed by atoms with Gasteiger partial charge in [0.25, 0.3) is 0 Å². The zero-order valence-electron chi connectivity index (χ0n) is 16.4. The summed E-state index contributed by atoms with van der Waals surface area (Å²) in [5.74, 6) is -4.51. The lowest BCUT2D eigenvalue weighted by Gasteiger charge is -2.41. The van der Waals surface area contributed by atoms with Gasteiger partial charge in [0.2, 0.25) is 5.44 Å². The molecule has 3 aromatic rings. The van der Waals surface area contributed by atoms with Gasteiger partial charge in [-0.05, 0) is 12.1 Å². The first-order chi connectivity index (χ1) is 15.7. The molecule has 1 aromatic carbocycles. The van der Waals surface area contributed by atoms with Crippen molar-refractivity contribution in [3.63, 3.8) is 0 Å². The fraction of sp³-hybridized carbons (Fsp3) is 0.316. The molecular formula is C19H16ClF3N4O5S. The van der Waals surface area contributed by atoms with E-state index in [4.69, 9.17) is 16.3 Å². The average Bonchev–Trinajstić information content (AvgIpc) is 3.27. The monoisotopic (exact) mass is 504 g/mol. The van der Waals surface area contributed by atoms with Crippen molar-refractivity contribution in [1.82, 2.24) is 20.0 Å². The third-order valence-corrected chi connectivity index (χ3v) is 6.77. The number of hydrogen-bond acceptors (Lipinski definition) is 8. The molecule has 6 atom stereocenters. The molecule has 6 unspecified atom stereocenters. The first-order valence-corrected chi connectivity index (χ1v) is 11.0. The van der Waals surface area contributed by atoms with Crippen molar-refractivity contribution in [2.75, 3.05) is 6.61 Å². The molecule has 0 bridgehead atoms. The van der Waals surface area contributed by atoms with E-state index in [1.54, 1.807) is 0 Å². The fourth-order valence-electron chi connectivity index (χ4n) is 3.45. The predicted octanol–water partition coefficient (Wildman–Crippen LogP) is 1.20. The molecule has 0 aliphatic carbocycles. The van der Waals surface area contributed by atoms with Gasteiger partial charge < -0.3 is 24.6 Å². The van der Waals surface area contributed by atoms with Gasteiger partial charge in [-0.15, -0.1) is 5.10 Å². The van der Waals surface area contributed by atoms with Crippen molar-refractivity contribution >= 4 is 22.8 Å². The summed E-state index contributed by atoms with van der Waals surface area (Å²) in [5.41, 5.74) is -1.65. The minimum atomic E-state index is -2.02. The standard InChI is InChI=1S/C19H16ClF3N4O5S/c20-9-3-10(5-24-4-9)33(31)19-18(30)16(17(29)14(7-28)32-19)27-6-13(25-26-27)8-1-11(21)15(23)12(22)2-8/h1-6,14,16-19,28-30H,7H2. The van der Waals surface area contributed by atoms with E-state index < -0.39 is 65.0 Å². The van der Waals surface area contributed by atoms with E-state index in [2.05, 4.69) is 15.3 Å². The van der Waals surface area contributed by atoms with E-state index in [-0.39, 0.29) is 21.2 Å². The molecule has 1 fully saturated rings. The van der Waals surface area contributed by atoms with Gasteiger partial charge in [0, 0.05) is 29.0 Å². The van der Waals surface area contributed by atoms with Gasteiger partial charge >= 0.3 is 0 Å². The van der Waals surface area contributed by atoms with E-state index in [0.29, 0.717) is 12.1 Å². The maximum Gasteiger partial charge on any atom is 0.250 e. The van der Waals surface area contributed by atoms with Gasteiger partial charge in [-0.25, -0.2) is 17.9 Å². The van der Waals surface area contributed by atoms with Crippen LogP contribution in [0, 0.1) is 17.5 Å². The minimum Gasteiger partial charge on any atom is -0.609 e. The summed E-state index contributed by atoms with van der Waals surface area (Å²) in [7, 11) is 0. The Morgan fingerprint density at radius 2 is 1.82 bits per heavy atom. The molecule has 3 N–H and O–H groups in total. The van der Waals surface area contributed by atoms with Gasteiger partial charge in [0.1, 0.15) is 23.9 Å². The third kappa shape index (κ3) is 4.57. The van der Waals surface area contributed by atoms with Crippen LogP contribution in [0.2, 0.25) is 5.02 Å². The fourth-order valence-corrected chi connectivity index (χ4v) is 5.02. The molecule has 33 heavy (non-hydrogen) atoms. The number of nitrogens with zero attached hydrogens (tertiary/aromatic N) is 4.